The molecule has 2 atom stereocenters. The monoisotopic (exact) mass is 288 g/mol. The Kier molecular flexibility index (Phi) is 3.02. The quantitative estimate of drug-likeness (QED) is 0.676. The number of hydrogen-bond donors (Lipinski definition) is 0. The van der Waals surface area contributed by atoms with Gasteiger partial charge in [0.05, 0.1) is 23.4 Å². The highest BCUT2D eigenvalue weighted by molar-refractivity contribution is 8.13. The molecule has 0 aromatic rings. The van der Waals surface area contributed by atoms with E-state index >= 15 is 0 Å². The molecule has 16 heavy (non-hydrogen) atoms. The summed E-state index contributed by atoms with van der Waals surface area (Å²) in [7, 11) is -1.51. The van der Waals surface area contributed by atoms with Crippen molar-refractivity contribution in [1.82, 2.24) is 0 Å². The van der Waals surface area contributed by atoms with Gasteiger partial charge in [-0.05, 0) is 12.8 Å². The van der Waals surface area contributed by atoms with Crippen LogP contribution in [0.4, 0.5) is 0 Å². The van der Waals surface area contributed by atoms with Crippen LogP contribution in [0.3, 0.4) is 0 Å². The lowest BCUT2D eigenvalue weighted by Crippen LogP contribution is -2.36. The molecule has 8 heteroatoms. The molecule has 5 nitrogen and oxygen atoms in total. The van der Waals surface area contributed by atoms with Gasteiger partial charge in [0.25, 0.3) is 0 Å². The first-order valence-corrected chi connectivity index (χ1v) is 9.27. The molecule has 0 aromatic heterocycles. The van der Waals surface area contributed by atoms with E-state index in [0.29, 0.717) is 19.4 Å². The highest BCUT2D eigenvalue weighted by atomic mass is 35.7. The minimum atomic E-state index is -3.66. The molecule has 0 N–H and O–H groups in total. The maximum absolute atomic E-state index is 11.5. The van der Waals surface area contributed by atoms with Gasteiger partial charge in [-0.3, -0.25) is 0 Å². The predicted molar refractivity (Wildman–Crippen MR) is 59.7 cm³/mol. The average molecular weight is 289 g/mol. The molecule has 0 aromatic carbocycles. The van der Waals surface area contributed by atoms with Gasteiger partial charge >= 0.3 is 0 Å². The van der Waals surface area contributed by atoms with Crippen LogP contribution >= 0.6 is 10.7 Å². The molecular formula is C8H13ClO5S2. The predicted octanol–water partition coefficient (Wildman–Crippen LogP) is 0.149. The van der Waals surface area contributed by atoms with Gasteiger partial charge in [0.15, 0.2) is 9.84 Å². The van der Waals surface area contributed by atoms with Gasteiger partial charge < -0.3 is 4.74 Å². The molecule has 0 saturated carbocycles. The third-order valence-corrected chi connectivity index (χ3v) is 6.29. The van der Waals surface area contributed by atoms with Crippen LogP contribution in [0, 0.1) is 5.41 Å². The third kappa shape index (κ3) is 2.52. The summed E-state index contributed by atoms with van der Waals surface area (Å²) in [4.78, 5) is 0. The van der Waals surface area contributed by atoms with Crippen molar-refractivity contribution in [3.8, 4) is 0 Å². The summed E-state index contributed by atoms with van der Waals surface area (Å²) in [5.74, 6) is -0.156. The lowest BCUT2D eigenvalue weighted by molar-refractivity contribution is 0.0777. The average Bonchev–Trinajstić information content (AvgIpc) is 2.56. The summed E-state index contributed by atoms with van der Waals surface area (Å²) < 4.78 is 50.3. The van der Waals surface area contributed by atoms with E-state index in [4.69, 9.17) is 15.4 Å². The second-order valence-corrected chi connectivity index (χ2v) is 9.53. The Morgan fingerprint density at radius 2 is 2.06 bits per heavy atom. The van der Waals surface area contributed by atoms with Crippen LogP contribution in [0.15, 0.2) is 0 Å². The molecule has 2 heterocycles. The summed E-state index contributed by atoms with van der Waals surface area (Å²) in [5, 5.41) is 0. The van der Waals surface area contributed by atoms with E-state index in [1.807, 2.05) is 0 Å². The van der Waals surface area contributed by atoms with Crippen LogP contribution in [-0.4, -0.2) is 46.8 Å². The fourth-order valence-electron chi connectivity index (χ4n) is 2.54. The first kappa shape index (κ1) is 12.6. The lowest BCUT2D eigenvalue weighted by atomic mass is 9.81. The Bertz CT molecular complexity index is 483. The van der Waals surface area contributed by atoms with Crippen molar-refractivity contribution in [2.75, 3.05) is 23.9 Å². The summed E-state index contributed by atoms with van der Waals surface area (Å²) in [6, 6.07) is 0. The molecule has 94 valence electrons. The second kappa shape index (κ2) is 3.83. The van der Waals surface area contributed by atoms with Gasteiger partial charge in [0.2, 0.25) is 9.05 Å². The molecule has 2 aliphatic heterocycles. The summed E-state index contributed by atoms with van der Waals surface area (Å²) >= 11 is 0. The van der Waals surface area contributed by atoms with Crippen molar-refractivity contribution in [3.05, 3.63) is 0 Å². The van der Waals surface area contributed by atoms with Gasteiger partial charge in [0.1, 0.15) is 0 Å². The maximum atomic E-state index is 11.5. The molecule has 0 radical (unpaired) electrons. The van der Waals surface area contributed by atoms with Gasteiger partial charge in [-0.25, -0.2) is 16.8 Å². The Balaban J connectivity index is 2.22. The molecule has 2 unspecified atom stereocenters. The van der Waals surface area contributed by atoms with Crippen LogP contribution in [0.25, 0.3) is 0 Å². The maximum Gasteiger partial charge on any atom is 0.235 e. The number of rotatable bonds is 2. The fourth-order valence-corrected chi connectivity index (χ4v) is 5.91. The van der Waals surface area contributed by atoms with Gasteiger partial charge in [-0.1, -0.05) is 0 Å². The molecule has 0 bridgehead atoms. The van der Waals surface area contributed by atoms with Crippen LogP contribution in [0.2, 0.25) is 0 Å². The minimum absolute atomic E-state index is 0.0249. The van der Waals surface area contributed by atoms with Crippen LogP contribution < -0.4 is 0 Å². The van der Waals surface area contributed by atoms with Crippen LogP contribution in [0.1, 0.15) is 12.8 Å². The van der Waals surface area contributed by atoms with Crippen LogP contribution in [-0.2, 0) is 23.6 Å². The number of hydrogen-bond acceptors (Lipinski definition) is 5. The fraction of sp³-hybridized carbons (Fsp3) is 1.00. The van der Waals surface area contributed by atoms with E-state index in [1.165, 1.54) is 0 Å². The summed E-state index contributed by atoms with van der Waals surface area (Å²) in [6.45, 7) is 0.409. The SMILES string of the molecule is O=S(=O)(Cl)CC1OCCC12CCS(=O)(=O)C2. The third-order valence-electron chi connectivity index (χ3n) is 3.37. The van der Waals surface area contributed by atoms with E-state index in [2.05, 4.69) is 0 Å². The molecule has 0 amide bonds. The summed E-state index contributed by atoms with van der Waals surface area (Å²) in [5.41, 5.74) is -0.527. The normalized spacial score (nSPS) is 38.2. The van der Waals surface area contributed by atoms with E-state index in [9.17, 15) is 16.8 Å². The topological polar surface area (TPSA) is 77.5 Å². The van der Waals surface area contributed by atoms with E-state index in [1.54, 1.807) is 0 Å². The van der Waals surface area contributed by atoms with Crippen molar-refractivity contribution in [3.63, 3.8) is 0 Å². The molecule has 2 rings (SSSR count). The Morgan fingerprint density at radius 3 is 2.56 bits per heavy atom. The molecule has 2 saturated heterocycles. The minimum Gasteiger partial charge on any atom is -0.376 e. The molecular weight excluding hydrogens is 276 g/mol. The van der Waals surface area contributed by atoms with Crippen LogP contribution in [0.5, 0.6) is 0 Å². The van der Waals surface area contributed by atoms with Gasteiger partial charge in [0, 0.05) is 22.7 Å². The second-order valence-electron chi connectivity index (χ2n) is 4.52. The zero-order chi connectivity index (χ0) is 12.0. The van der Waals surface area contributed by atoms with Crippen molar-refractivity contribution in [2.24, 2.45) is 5.41 Å². The Hall–Kier alpha value is 0.150. The van der Waals surface area contributed by atoms with Crippen molar-refractivity contribution in [2.45, 2.75) is 18.9 Å². The van der Waals surface area contributed by atoms with E-state index in [0.717, 1.165) is 0 Å². The van der Waals surface area contributed by atoms with Gasteiger partial charge in [-0.2, -0.15) is 0 Å². The highest BCUT2D eigenvalue weighted by Crippen LogP contribution is 2.45. The number of ether oxygens (including phenoxy) is 1. The molecule has 1 spiro atoms. The van der Waals surface area contributed by atoms with Crippen molar-refractivity contribution < 1.29 is 21.6 Å². The van der Waals surface area contributed by atoms with Crippen molar-refractivity contribution in [1.29, 1.82) is 0 Å². The standard InChI is InChI=1S/C8H13ClO5S2/c9-16(12,13)5-7-8(1-3-14-7)2-4-15(10,11)6-8/h7H,1-6H2. The van der Waals surface area contributed by atoms with E-state index in [-0.39, 0.29) is 17.3 Å². The summed E-state index contributed by atoms with van der Waals surface area (Å²) in [6.07, 6.45) is 0.502. The van der Waals surface area contributed by atoms with Gasteiger partial charge in [-0.15, -0.1) is 0 Å². The number of halogens is 1. The Morgan fingerprint density at radius 1 is 1.38 bits per heavy atom. The smallest absolute Gasteiger partial charge is 0.235 e. The van der Waals surface area contributed by atoms with E-state index < -0.39 is 30.4 Å². The zero-order valence-corrected chi connectivity index (χ0v) is 10.9. The molecule has 2 fully saturated rings. The molecule has 2 aliphatic rings. The lowest BCUT2D eigenvalue weighted by Gasteiger charge is -2.26. The Labute approximate surface area is 99.5 Å². The first-order chi connectivity index (χ1) is 7.23. The number of sulfone groups is 1. The zero-order valence-electron chi connectivity index (χ0n) is 8.56. The largest absolute Gasteiger partial charge is 0.376 e. The highest BCUT2D eigenvalue weighted by Gasteiger charge is 2.52. The first-order valence-electron chi connectivity index (χ1n) is 4.97. The van der Waals surface area contributed by atoms with Crippen molar-refractivity contribution >= 4 is 29.6 Å². The molecule has 0 aliphatic carbocycles.